The maximum absolute atomic E-state index is 12.8. The SMILES string of the molecule is COc1ccc(-n2c(-c3cn(CCCCN)c4ccccc34)c(C#N)[nH]c2=O)cc1.O=C(O)C(F)(F)F. The maximum Gasteiger partial charge on any atom is 0.490 e. The maximum atomic E-state index is 12.8. The second-order valence-corrected chi connectivity index (χ2v) is 7.85. The molecule has 0 aliphatic heterocycles. The first kappa shape index (κ1) is 27.1. The fourth-order valence-corrected chi connectivity index (χ4v) is 3.80. The van der Waals surface area contributed by atoms with E-state index >= 15 is 0 Å². The lowest BCUT2D eigenvalue weighted by Gasteiger charge is -2.08. The van der Waals surface area contributed by atoms with Crippen molar-refractivity contribution in [3.05, 3.63) is 70.9 Å². The Morgan fingerprint density at radius 3 is 2.38 bits per heavy atom. The van der Waals surface area contributed by atoms with Crippen LogP contribution in [0, 0.1) is 11.3 Å². The number of ether oxygens (including phenoxy) is 1. The van der Waals surface area contributed by atoms with Gasteiger partial charge in [-0.25, -0.2) is 9.59 Å². The van der Waals surface area contributed by atoms with Crippen LogP contribution < -0.4 is 16.2 Å². The number of benzene rings is 2. The van der Waals surface area contributed by atoms with Crippen molar-refractivity contribution >= 4 is 16.9 Å². The van der Waals surface area contributed by atoms with Crippen LogP contribution in [0.1, 0.15) is 18.5 Å². The minimum atomic E-state index is -5.08. The van der Waals surface area contributed by atoms with Crippen LogP contribution in [0.4, 0.5) is 13.2 Å². The molecule has 2 heterocycles. The smallest absolute Gasteiger partial charge is 0.490 e. The Kier molecular flexibility index (Phi) is 8.41. The molecule has 0 aliphatic rings. The number of H-pyrrole nitrogens is 1. The van der Waals surface area contributed by atoms with Crippen LogP contribution in [0.2, 0.25) is 0 Å². The number of aromatic nitrogens is 3. The third kappa shape index (κ3) is 6.02. The number of hydrogen-bond acceptors (Lipinski definition) is 5. The fraction of sp³-hybridized carbons (Fsp3) is 0.240. The van der Waals surface area contributed by atoms with E-state index in [1.807, 2.05) is 24.4 Å². The fourth-order valence-electron chi connectivity index (χ4n) is 3.80. The Hall–Kier alpha value is -4.50. The van der Waals surface area contributed by atoms with Crippen LogP contribution in [0.15, 0.2) is 59.5 Å². The van der Waals surface area contributed by atoms with Gasteiger partial charge in [0.15, 0.2) is 0 Å². The van der Waals surface area contributed by atoms with E-state index in [0.29, 0.717) is 23.7 Å². The van der Waals surface area contributed by atoms with Crippen molar-refractivity contribution in [2.24, 2.45) is 5.73 Å². The number of carboxylic acid groups (broad SMARTS) is 1. The molecule has 2 aromatic heterocycles. The minimum absolute atomic E-state index is 0.237. The number of carboxylic acids is 1. The van der Waals surface area contributed by atoms with Crippen molar-refractivity contribution in [2.45, 2.75) is 25.6 Å². The van der Waals surface area contributed by atoms with Crippen molar-refractivity contribution in [2.75, 3.05) is 13.7 Å². The van der Waals surface area contributed by atoms with Crippen LogP contribution in [-0.4, -0.2) is 45.0 Å². The van der Waals surface area contributed by atoms with Gasteiger partial charge in [-0.1, -0.05) is 18.2 Å². The zero-order chi connectivity index (χ0) is 27.2. The van der Waals surface area contributed by atoms with E-state index in [0.717, 1.165) is 35.9 Å². The average molecular weight is 515 g/mol. The van der Waals surface area contributed by atoms with E-state index in [2.05, 4.69) is 21.7 Å². The van der Waals surface area contributed by atoms with Gasteiger partial charge >= 0.3 is 17.8 Å². The van der Waals surface area contributed by atoms with Gasteiger partial charge in [0.05, 0.1) is 18.5 Å². The standard InChI is InChI=1S/C23H23N5O2.C2HF3O2/c1-30-17-10-8-16(9-11-17)28-22(20(14-25)26-23(28)29)19-15-27(13-5-4-12-24)21-7-3-2-6-18(19)21;3-2(4,5)1(6)7/h2-3,6-11,15H,4-5,12-13,24H2,1H3,(H,26,29);(H,6,7). The summed E-state index contributed by atoms with van der Waals surface area (Å²) in [5, 5.41) is 17.8. The van der Waals surface area contributed by atoms with E-state index in [-0.39, 0.29) is 11.4 Å². The lowest BCUT2D eigenvalue weighted by molar-refractivity contribution is -0.192. The molecule has 4 N–H and O–H groups in total. The lowest BCUT2D eigenvalue weighted by atomic mass is 10.1. The first-order chi connectivity index (χ1) is 17.6. The number of aliphatic carboxylic acids is 1. The molecule has 0 bridgehead atoms. The molecule has 0 saturated carbocycles. The summed E-state index contributed by atoms with van der Waals surface area (Å²) in [6, 6.07) is 17.4. The highest BCUT2D eigenvalue weighted by atomic mass is 19.4. The highest BCUT2D eigenvalue weighted by Crippen LogP contribution is 2.33. The molecule has 0 fully saturated rings. The number of imidazole rings is 1. The Morgan fingerprint density at radius 1 is 1.16 bits per heavy atom. The van der Waals surface area contributed by atoms with Gasteiger partial charge in [-0.3, -0.25) is 9.55 Å². The molecule has 4 aromatic rings. The molecule has 194 valence electrons. The molecule has 0 radical (unpaired) electrons. The summed E-state index contributed by atoms with van der Waals surface area (Å²) >= 11 is 0. The second kappa shape index (κ2) is 11.5. The molecule has 0 atom stereocenters. The van der Waals surface area contributed by atoms with Crippen LogP contribution in [0.25, 0.3) is 27.8 Å². The number of aryl methyl sites for hydroxylation is 1. The summed E-state index contributed by atoms with van der Waals surface area (Å²) in [6.45, 7) is 1.47. The van der Waals surface area contributed by atoms with Gasteiger partial charge in [-0.15, -0.1) is 0 Å². The topological polar surface area (TPSA) is 139 Å². The van der Waals surface area contributed by atoms with Crippen LogP contribution in [0.5, 0.6) is 5.75 Å². The number of nitriles is 1. The number of para-hydroxylation sites is 1. The normalized spacial score (nSPS) is 11.0. The molecule has 0 aliphatic carbocycles. The summed E-state index contributed by atoms with van der Waals surface area (Å²) < 4.78 is 40.7. The number of fused-ring (bicyclic) bond motifs is 1. The number of aromatic amines is 1. The quantitative estimate of drug-likeness (QED) is 0.318. The first-order valence-corrected chi connectivity index (χ1v) is 11.1. The van der Waals surface area contributed by atoms with Crippen molar-refractivity contribution in [1.29, 1.82) is 5.26 Å². The number of alkyl halides is 3. The summed E-state index contributed by atoms with van der Waals surface area (Å²) in [5.41, 5.74) is 8.65. The molecular formula is C25H24F3N5O4. The number of nitrogens with one attached hydrogen (secondary N) is 1. The number of nitrogens with two attached hydrogens (primary N) is 1. The zero-order valence-corrected chi connectivity index (χ0v) is 19.7. The number of carbonyl (C=O) groups is 1. The van der Waals surface area contributed by atoms with E-state index in [4.69, 9.17) is 20.4 Å². The predicted octanol–water partition coefficient (Wildman–Crippen LogP) is 4.04. The molecule has 0 saturated heterocycles. The van der Waals surface area contributed by atoms with Gasteiger partial charge in [0.1, 0.15) is 17.5 Å². The number of rotatable bonds is 7. The Bertz CT molecular complexity index is 1480. The van der Waals surface area contributed by atoms with Gasteiger partial charge in [0.2, 0.25) is 0 Å². The van der Waals surface area contributed by atoms with Crippen LogP contribution in [-0.2, 0) is 11.3 Å². The number of nitrogens with zero attached hydrogens (tertiary/aromatic N) is 3. The van der Waals surface area contributed by atoms with Crippen LogP contribution in [0.3, 0.4) is 0 Å². The molecule has 0 spiro atoms. The van der Waals surface area contributed by atoms with E-state index in [1.54, 1.807) is 35.9 Å². The Labute approximate surface area is 209 Å². The Morgan fingerprint density at radius 2 is 1.81 bits per heavy atom. The monoisotopic (exact) mass is 515 g/mol. The highest BCUT2D eigenvalue weighted by Gasteiger charge is 2.38. The Balaban J connectivity index is 0.000000479. The minimum Gasteiger partial charge on any atom is -0.497 e. The largest absolute Gasteiger partial charge is 0.497 e. The summed E-state index contributed by atoms with van der Waals surface area (Å²) in [4.78, 5) is 24.4. The molecule has 37 heavy (non-hydrogen) atoms. The summed E-state index contributed by atoms with van der Waals surface area (Å²) in [5.74, 6) is -2.06. The predicted molar refractivity (Wildman–Crippen MR) is 131 cm³/mol. The van der Waals surface area contributed by atoms with Gasteiger partial charge in [0.25, 0.3) is 0 Å². The van der Waals surface area contributed by atoms with Crippen LogP contribution >= 0.6 is 0 Å². The number of hydrogen-bond donors (Lipinski definition) is 3. The zero-order valence-electron chi connectivity index (χ0n) is 19.7. The number of unbranched alkanes of at least 4 members (excludes halogenated alkanes) is 1. The van der Waals surface area contributed by atoms with Gasteiger partial charge < -0.3 is 20.1 Å². The van der Waals surface area contributed by atoms with E-state index in [1.165, 1.54) is 0 Å². The molecule has 9 nitrogen and oxygen atoms in total. The molecule has 0 unspecified atom stereocenters. The number of methoxy groups -OCH3 is 1. The van der Waals surface area contributed by atoms with Crippen molar-refractivity contribution in [1.82, 2.24) is 14.1 Å². The highest BCUT2D eigenvalue weighted by molar-refractivity contribution is 5.96. The van der Waals surface area contributed by atoms with Gasteiger partial charge in [-0.05, 0) is 49.7 Å². The van der Waals surface area contributed by atoms with E-state index in [9.17, 15) is 23.2 Å². The third-order valence-electron chi connectivity index (χ3n) is 5.48. The van der Waals surface area contributed by atoms with Gasteiger partial charge in [0, 0.05) is 29.2 Å². The van der Waals surface area contributed by atoms with Gasteiger partial charge in [-0.2, -0.15) is 18.4 Å². The summed E-state index contributed by atoms with van der Waals surface area (Å²) in [7, 11) is 1.59. The third-order valence-corrected chi connectivity index (χ3v) is 5.48. The molecule has 2 aromatic carbocycles. The van der Waals surface area contributed by atoms with Crippen molar-refractivity contribution in [3.8, 4) is 28.8 Å². The molecule has 0 amide bonds. The average Bonchev–Trinajstić information content (AvgIpc) is 3.41. The van der Waals surface area contributed by atoms with Crippen molar-refractivity contribution in [3.63, 3.8) is 0 Å². The molecule has 12 heteroatoms. The van der Waals surface area contributed by atoms with Crippen molar-refractivity contribution < 1.29 is 27.8 Å². The lowest BCUT2D eigenvalue weighted by Crippen LogP contribution is -2.21. The summed E-state index contributed by atoms with van der Waals surface area (Å²) in [6.07, 6.45) is -1.17. The molecular weight excluding hydrogens is 491 g/mol. The second-order valence-electron chi connectivity index (χ2n) is 7.85. The van der Waals surface area contributed by atoms with E-state index < -0.39 is 12.1 Å². The number of halogens is 3. The molecule has 4 rings (SSSR count). The first-order valence-electron chi connectivity index (χ1n) is 11.1.